The molecule has 0 saturated heterocycles. The molecule has 7 nitrogen and oxygen atoms in total. The lowest BCUT2D eigenvalue weighted by Crippen LogP contribution is -2.37. The lowest BCUT2D eigenvalue weighted by Gasteiger charge is -2.15. The molecule has 0 bridgehead atoms. The normalized spacial score (nSPS) is 10.9. The van der Waals surface area contributed by atoms with Crippen molar-refractivity contribution < 1.29 is 14.3 Å². The number of pyridine rings is 1. The fourth-order valence-electron chi connectivity index (χ4n) is 2.88. The molecule has 2 N–H and O–H groups in total. The van der Waals surface area contributed by atoms with Crippen molar-refractivity contribution in [3.8, 4) is 5.75 Å². The summed E-state index contributed by atoms with van der Waals surface area (Å²) in [5.41, 5.74) is 0.179. The Balaban J connectivity index is 2.32. The maximum absolute atomic E-state index is 12.8. The summed E-state index contributed by atoms with van der Waals surface area (Å²) >= 11 is 0. The van der Waals surface area contributed by atoms with Gasteiger partial charge in [-0.15, -0.1) is 0 Å². The minimum absolute atomic E-state index is 0.0339. The molecule has 1 heterocycles. The van der Waals surface area contributed by atoms with Gasteiger partial charge in [0.2, 0.25) is 5.43 Å². The monoisotopic (exact) mass is 399 g/mol. The van der Waals surface area contributed by atoms with Crippen molar-refractivity contribution in [2.24, 2.45) is 5.92 Å². The average Bonchev–Trinajstić information content (AvgIpc) is 2.66. The van der Waals surface area contributed by atoms with Crippen LogP contribution in [0.3, 0.4) is 0 Å². The van der Waals surface area contributed by atoms with Gasteiger partial charge in [0, 0.05) is 31.5 Å². The third-order valence-electron chi connectivity index (χ3n) is 4.15. The fraction of sp³-hybridized carbons (Fsp3) is 0.409. The zero-order valence-corrected chi connectivity index (χ0v) is 17.6. The molecule has 0 aliphatic rings. The SMILES string of the molecule is COc1cccc(CNC(=O)c2cn(CC(C)C)cc(C(=O)NC(C)C)c2=O)c1. The summed E-state index contributed by atoms with van der Waals surface area (Å²) in [6, 6.07) is 7.18. The molecule has 7 heteroatoms. The molecule has 2 aromatic rings. The molecule has 0 aliphatic heterocycles. The summed E-state index contributed by atoms with van der Waals surface area (Å²) in [5.74, 6) is -0.0333. The topological polar surface area (TPSA) is 89.4 Å². The summed E-state index contributed by atoms with van der Waals surface area (Å²) in [6.45, 7) is 8.49. The van der Waals surface area contributed by atoms with Gasteiger partial charge in [-0.05, 0) is 37.5 Å². The molecule has 0 atom stereocenters. The number of carbonyl (C=O) groups is 2. The molecule has 0 fully saturated rings. The number of hydrogen-bond acceptors (Lipinski definition) is 4. The number of aromatic nitrogens is 1. The van der Waals surface area contributed by atoms with Crippen molar-refractivity contribution in [2.45, 2.75) is 46.8 Å². The van der Waals surface area contributed by atoms with Gasteiger partial charge in [-0.1, -0.05) is 26.0 Å². The van der Waals surface area contributed by atoms with Crippen LogP contribution < -0.4 is 20.8 Å². The standard InChI is InChI=1S/C22H29N3O4/c1-14(2)11-25-12-18(20(26)19(13-25)22(28)24-15(3)4)21(27)23-10-16-7-6-8-17(9-16)29-5/h6-9,12-15H,10-11H2,1-5H3,(H,23,27)(H,24,28). The number of rotatable bonds is 8. The van der Waals surface area contributed by atoms with Crippen LogP contribution in [-0.4, -0.2) is 29.5 Å². The van der Waals surface area contributed by atoms with Crippen LogP contribution in [0.15, 0.2) is 41.5 Å². The highest BCUT2D eigenvalue weighted by Crippen LogP contribution is 2.12. The highest BCUT2D eigenvalue weighted by Gasteiger charge is 2.20. The molecule has 0 saturated carbocycles. The maximum atomic E-state index is 12.8. The van der Waals surface area contributed by atoms with E-state index in [-0.39, 0.29) is 29.6 Å². The van der Waals surface area contributed by atoms with Gasteiger partial charge in [-0.3, -0.25) is 14.4 Å². The van der Waals surface area contributed by atoms with E-state index in [1.807, 2.05) is 52.0 Å². The van der Waals surface area contributed by atoms with E-state index < -0.39 is 17.2 Å². The second-order valence-corrected chi connectivity index (χ2v) is 7.67. The van der Waals surface area contributed by atoms with Crippen LogP contribution in [0.5, 0.6) is 5.75 Å². The van der Waals surface area contributed by atoms with Gasteiger partial charge in [0.15, 0.2) is 0 Å². The number of amides is 2. The van der Waals surface area contributed by atoms with E-state index in [1.165, 1.54) is 12.4 Å². The van der Waals surface area contributed by atoms with Crippen LogP contribution in [0.1, 0.15) is 54.0 Å². The number of methoxy groups -OCH3 is 1. The summed E-state index contributed by atoms with van der Waals surface area (Å²) in [4.78, 5) is 38.0. The second-order valence-electron chi connectivity index (χ2n) is 7.67. The predicted octanol–water partition coefficient (Wildman–Crippen LogP) is 2.58. The van der Waals surface area contributed by atoms with Crippen molar-refractivity contribution in [3.63, 3.8) is 0 Å². The lowest BCUT2D eigenvalue weighted by atomic mass is 10.1. The first-order valence-corrected chi connectivity index (χ1v) is 9.67. The van der Waals surface area contributed by atoms with Crippen LogP contribution in [0, 0.1) is 5.92 Å². The first-order valence-electron chi connectivity index (χ1n) is 9.67. The van der Waals surface area contributed by atoms with Crippen LogP contribution in [0.25, 0.3) is 0 Å². The van der Waals surface area contributed by atoms with Gasteiger partial charge < -0.3 is 19.9 Å². The zero-order chi connectivity index (χ0) is 21.6. The first-order chi connectivity index (χ1) is 13.7. The Hall–Kier alpha value is -3.09. The summed E-state index contributed by atoms with van der Waals surface area (Å²) < 4.78 is 6.91. The minimum atomic E-state index is -0.578. The molecule has 1 aromatic heterocycles. The number of nitrogens with one attached hydrogen (secondary N) is 2. The Morgan fingerprint density at radius 1 is 1.07 bits per heavy atom. The number of benzene rings is 1. The van der Waals surface area contributed by atoms with Crippen LogP contribution >= 0.6 is 0 Å². The van der Waals surface area contributed by atoms with Gasteiger partial charge >= 0.3 is 0 Å². The fourth-order valence-corrected chi connectivity index (χ4v) is 2.88. The molecule has 1 aromatic carbocycles. The maximum Gasteiger partial charge on any atom is 0.257 e. The average molecular weight is 399 g/mol. The van der Waals surface area contributed by atoms with Crippen LogP contribution in [0.2, 0.25) is 0 Å². The molecule has 2 amide bonds. The van der Waals surface area contributed by atoms with Gasteiger partial charge in [0.1, 0.15) is 16.9 Å². The Bertz CT molecular complexity index is 932. The summed E-state index contributed by atoms with van der Waals surface area (Å²) in [7, 11) is 1.57. The highest BCUT2D eigenvalue weighted by atomic mass is 16.5. The molecule has 0 aliphatic carbocycles. The van der Waals surface area contributed by atoms with Crippen molar-refractivity contribution in [3.05, 3.63) is 63.6 Å². The number of ether oxygens (including phenoxy) is 1. The largest absolute Gasteiger partial charge is 0.497 e. The van der Waals surface area contributed by atoms with E-state index in [2.05, 4.69) is 10.6 Å². The lowest BCUT2D eigenvalue weighted by molar-refractivity contribution is 0.0941. The Kier molecular flexibility index (Phi) is 7.59. The van der Waals surface area contributed by atoms with Crippen LogP contribution in [-0.2, 0) is 13.1 Å². The minimum Gasteiger partial charge on any atom is -0.497 e. The summed E-state index contributed by atoms with van der Waals surface area (Å²) in [5, 5.41) is 5.47. The van der Waals surface area contributed by atoms with Gasteiger partial charge in [-0.2, -0.15) is 0 Å². The zero-order valence-electron chi connectivity index (χ0n) is 17.6. The van der Waals surface area contributed by atoms with E-state index in [0.29, 0.717) is 12.3 Å². The molecule has 2 rings (SSSR count). The van der Waals surface area contributed by atoms with E-state index in [1.54, 1.807) is 11.7 Å². The second kappa shape index (κ2) is 9.91. The Labute approximate surface area is 171 Å². The van der Waals surface area contributed by atoms with Gasteiger partial charge in [0.25, 0.3) is 11.8 Å². The van der Waals surface area contributed by atoms with E-state index >= 15 is 0 Å². The molecule has 156 valence electrons. The molecule has 29 heavy (non-hydrogen) atoms. The number of nitrogens with zero attached hydrogens (tertiary/aromatic N) is 1. The van der Waals surface area contributed by atoms with E-state index in [9.17, 15) is 14.4 Å². The van der Waals surface area contributed by atoms with Crippen molar-refractivity contribution in [2.75, 3.05) is 7.11 Å². The Morgan fingerprint density at radius 3 is 2.31 bits per heavy atom. The Morgan fingerprint density at radius 2 is 1.72 bits per heavy atom. The molecule has 0 unspecified atom stereocenters. The number of hydrogen-bond donors (Lipinski definition) is 2. The van der Waals surface area contributed by atoms with E-state index in [0.717, 1.165) is 5.56 Å². The van der Waals surface area contributed by atoms with Crippen molar-refractivity contribution in [1.82, 2.24) is 15.2 Å². The first kappa shape index (κ1) is 22.2. The smallest absolute Gasteiger partial charge is 0.257 e. The molecular weight excluding hydrogens is 370 g/mol. The highest BCUT2D eigenvalue weighted by molar-refractivity contribution is 5.99. The van der Waals surface area contributed by atoms with Crippen molar-refractivity contribution in [1.29, 1.82) is 0 Å². The predicted molar refractivity (Wildman–Crippen MR) is 112 cm³/mol. The third kappa shape index (κ3) is 6.20. The third-order valence-corrected chi connectivity index (χ3v) is 4.15. The quantitative estimate of drug-likeness (QED) is 0.714. The molecule has 0 spiro atoms. The number of carbonyl (C=O) groups excluding carboxylic acids is 2. The van der Waals surface area contributed by atoms with Gasteiger partial charge in [-0.25, -0.2) is 0 Å². The van der Waals surface area contributed by atoms with E-state index in [4.69, 9.17) is 4.74 Å². The molecular formula is C22H29N3O4. The summed E-state index contributed by atoms with van der Waals surface area (Å²) in [6.07, 6.45) is 3.02. The van der Waals surface area contributed by atoms with Crippen LogP contribution in [0.4, 0.5) is 0 Å². The molecule has 0 radical (unpaired) electrons. The van der Waals surface area contributed by atoms with Gasteiger partial charge in [0.05, 0.1) is 7.11 Å². The van der Waals surface area contributed by atoms with Crippen molar-refractivity contribution >= 4 is 11.8 Å².